The van der Waals surface area contributed by atoms with E-state index in [1.54, 1.807) is 17.1 Å². The largest absolute Gasteiger partial charge is 0.485 e. The molecule has 3 rings (SSSR count). The summed E-state index contributed by atoms with van der Waals surface area (Å²) in [5, 5.41) is 10.7. The highest BCUT2D eigenvalue weighted by molar-refractivity contribution is 5.87. The van der Waals surface area contributed by atoms with Gasteiger partial charge in [-0.3, -0.25) is 4.79 Å². The standard InChI is InChI=1S/C24H34F3NO3/c1-4-10-23(30)13-11-22(12-14-23)15-16-28(21(22)29)19-7-5-6-17(2)20(9-8-19)31-18(3)24(25,26)27/h5,7-9,17-18,30H,4,6,10-16H2,1-3H3/b7-5+,19-8+,20-9+/t17?,18-,22?,23?/m0/s1. The number of amides is 1. The minimum absolute atomic E-state index is 0.0649. The first-order valence-electron chi connectivity index (χ1n) is 11.4. The molecule has 7 heteroatoms. The molecule has 1 unspecified atom stereocenters. The molecule has 0 bridgehead atoms. The fourth-order valence-corrected chi connectivity index (χ4v) is 4.94. The second kappa shape index (κ2) is 9.00. The summed E-state index contributed by atoms with van der Waals surface area (Å²) in [5.74, 6) is 0.152. The van der Waals surface area contributed by atoms with Gasteiger partial charge in [0.1, 0.15) is 5.76 Å². The van der Waals surface area contributed by atoms with E-state index in [0.717, 1.165) is 26.2 Å². The van der Waals surface area contributed by atoms with Crippen LogP contribution in [0, 0.1) is 11.3 Å². The van der Waals surface area contributed by atoms with Crippen LogP contribution < -0.4 is 0 Å². The van der Waals surface area contributed by atoms with E-state index in [4.69, 9.17) is 4.74 Å². The molecule has 4 nitrogen and oxygen atoms in total. The molecule has 1 amide bonds. The van der Waals surface area contributed by atoms with E-state index in [1.165, 1.54) is 0 Å². The Morgan fingerprint density at radius 2 is 1.90 bits per heavy atom. The van der Waals surface area contributed by atoms with Gasteiger partial charge in [0.05, 0.1) is 11.0 Å². The van der Waals surface area contributed by atoms with Gasteiger partial charge in [-0.25, -0.2) is 0 Å². The third-order valence-corrected chi connectivity index (χ3v) is 7.13. The number of aliphatic hydroxyl groups is 1. The van der Waals surface area contributed by atoms with Crippen molar-refractivity contribution in [3.05, 3.63) is 35.8 Å². The Labute approximate surface area is 182 Å². The maximum absolute atomic E-state index is 13.4. The van der Waals surface area contributed by atoms with Crippen LogP contribution in [0.2, 0.25) is 0 Å². The Hall–Kier alpha value is -1.76. The van der Waals surface area contributed by atoms with Crippen molar-refractivity contribution in [1.82, 2.24) is 4.90 Å². The zero-order valence-corrected chi connectivity index (χ0v) is 18.7. The van der Waals surface area contributed by atoms with Crippen LogP contribution in [-0.2, 0) is 9.53 Å². The van der Waals surface area contributed by atoms with Crippen LogP contribution in [-0.4, -0.2) is 40.3 Å². The molecule has 2 atom stereocenters. The molecule has 1 heterocycles. The summed E-state index contributed by atoms with van der Waals surface area (Å²) in [6, 6.07) is 0. The number of carbonyl (C=O) groups excluding carboxylic acids is 1. The third-order valence-electron chi connectivity index (χ3n) is 7.13. The molecular weight excluding hydrogens is 407 g/mol. The molecular formula is C24H34F3NO3. The topological polar surface area (TPSA) is 49.8 Å². The first kappa shape index (κ1) is 23.9. The summed E-state index contributed by atoms with van der Waals surface area (Å²) in [4.78, 5) is 15.1. The first-order valence-corrected chi connectivity index (χ1v) is 11.4. The van der Waals surface area contributed by atoms with Gasteiger partial charge in [0.2, 0.25) is 5.91 Å². The second-order valence-corrected chi connectivity index (χ2v) is 9.46. The van der Waals surface area contributed by atoms with Crippen LogP contribution in [0.3, 0.4) is 0 Å². The highest BCUT2D eigenvalue weighted by Gasteiger charge is 2.51. The molecule has 1 spiro atoms. The minimum Gasteiger partial charge on any atom is -0.485 e. The van der Waals surface area contributed by atoms with E-state index in [0.29, 0.717) is 44.3 Å². The van der Waals surface area contributed by atoms with Gasteiger partial charge in [-0.1, -0.05) is 26.3 Å². The smallest absolute Gasteiger partial charge is 0.425 e. The Balaban J connectivity index is 1.75. The Bertz CT molecular complexity index is 761. The van der Waals surface area contributed by atoms with Crippen molar-refractivity contribution in [3.63, 3.8) is 0 Å². The first-order chi connectivity index (χ1) is 14.5. The fraction of sp³-hybridized carbons (Fsp3) is 0.708. The van der Waals surface area contributed by atoms with Crippen molar-refractivity contribution in [2.75, 3.05) is 6.54 Å². The van der Waals surface area contributed by atoms with Crippen LogP contribution in [0.5, 0.6) is 0 Å². The van der Waals surface area contributed by atoms with Gasteiger partial charge < -0.3 is 14.7 Å². The molecule has 3 aliphatic rings. The minimum atomic E-state index is -4.43. The SMILES string of the molecule is CCCC1(O)CCC2(CCN(C3=C/C=C(/O[C@@H](C)C(F)(F)F)C(C)C\C=C\3)C2=O)CC1. The van der Waals surface area contributed by atoms with Gasteiger partial charge in [-0.2, -0.15) is 13.2 Å². The fourth-order valence-electron chi connectivity index (χ4n) is 4.94. The van der Waals surface area contributed by atoms with E-state index >= 15 is 0 Å². The molecule has 0 aromatic heterocycles. The lowest BCUT2D eigenvalue weighted by Gasteiger charge is -2.41. The van der Waals surface area contributed by atoms with Gasteiger partial charge in [0, 0.05) is 18.2 Å². The molecule has 31 heavy (non-hydrogen) atoms. The van der Waals surface area contributed by atoms with Gasteiger partial charge in [0.25, 0.3) is 0 Å². The van der Waals surface area contributed by atoms with Crippen molar-refractivity contribution in [3.8, 4) is 0 Å². The van der Waals surface area contributed by atoms with Gasteiger partial charge in [0.15, 0.2) is 6.10 Å². The molecule has 0 radical (unpaired) electrons. The normalized spacial score (nSPS) is 37.5. The monoisotopic (exact) mass is 441 g/mol. The van der Waals surface area contributed by atoms with Gasteiger partial charge in [-0.15, -0.1) is 0 Å². The molecule has 1 aliphatic heterocycles. The summed E-state index contributed by atoms with van der Waals surface area (Å²) in [6.45, 7) is 5.47. The Morgan fingerprint density at radius 1 is 1.23 bits per heavy atom. The number of alkyl halides is 3. The molecule has 2 fully saturated rings. The number of nitrogens with zero attached hydrogens (tertiary/aromatic N) is 1. The van der Waals surface area contributed by atoms with Crippen molar-refractivity contribution >= 4 is 5.91 Å². The quantitative estimate of drug-likeness (QED) is 0.601. The zero-order valence-electron chi connectivity index (χ0n) is 18.7. The Kier molecular flexibility index (Phi) is 6.94. The average Bonchev–Trinajstić information content (AvgIpc) is 3.00. The number of hydrogen-bond donors (Lipinski definition) is 1. The van der Waals surface area contributed by atoms with E-state index in [-0.39, 0.29) is 17.6 Å². The summed E-state index contributed by atoms with van der Waals surface area (Å²) in [5.41, 5.74) is -0.408. The number of allylic oxidation sites excluding steroid dienone is 5. The molecule has 1 N–H and O–H groups in total. The van der Waals surface area contributed by atoms with Crippen molar-refractivity contribution < 1.29 is 27.8 Å². The van der Waals surface area contributed by atoms with Gasteiger partial charge >= 0.3 is 6.18 Å². The third kappa shape index (κ3) is 5.18. The number of halogens is 3. The molecule has 174 valence electrons. The maximum Gasteiger partial charge on any atom is 0.425 e. The number of likely N-dealkylation sites (tertiary alicyclic amines) is 1. The van der Waals surface area contributed by atoms with Crippen LogP contribution >= 0.6 is 0 Å². The average molecular weight is 442 g/mol. The van der Waals surface area contributed by atoms with Gasteiger partial charge in [-0.05, 0) is 70.1 Å². The van der Waals surface area contributed by atoms with E-state index < -0.39 is 23.3 Å². The zero-order chi connectivity index (χ0) is 22.9. The molecule has 1 saturated heterocycles. The Morgan fingerprint density at radius 3 is 2.52 bits per heavy atom. The highest BCUT2D eigenvalue weighted by Crippen LogP contribution is 2.49. The number of carbonyl (C=O) groups is 1. The summed E-state index contributed by atoms with van der Waals surface area (Å²) in [6.07, 6.45) is 6.32. The number of hydrogen-bond acceptors (Lipinski definition) is 3. The highest BCUT2D eigenvalue weighted by atomic mass is 19.4. The van der Waals surface area contributed by atoms with Crippen molar-refractivity contribution in [2.45, 2.75) is 90.0 Å². The lowest BCUT2D eigenvalue weighted by Crippen LogP contribution is -2.43. The van der Waals surface area contributed by atoms with Crippen molar-refractivity contribution in [1.29, 1.82) is 0 Å². The molecule has 2 aliphatic carbocycles. The predicted molar refractivity (Wildman–Crippen MR) is 113 cm³/mol. The van der Waals surface area contributed by atoms with E-state index in [9.17, 15) is 23.1 Å². The van der Waals surface area contributed by atoms with Crippen LogP contribution in [0.4, 0.5) is 13.2 Å². The summed E-state index contributed by atoms with van der Waals surface area (Å²) >= 11 is 0. The number of rotatable bonds is 5. The van der Waals surface area contributed by atoms with Crippen LogP contribution in [0.15, 0.2) is 35.8 Å². The maximum atomic E-state index is 13.4. The summed E-state index contributed by atoms with van der Waals surface area (Å²) < 4.78 is 44.0. The molecule has 1 saturated carbocycles. The van der Waals surface area contributed by atoms with Crippen molar-refractivity contribution in [2.24, 2.45) is 11.3 Å². The van der Waals surface area contributed by atoms with E-state index in [1.807, 2.05) is 19.1 Å². The molecule has 0 aromatic rings. The van der Waals surface area contributed by atoms with Crippen LogP contribution in [0.1, 0.15) is 72.1 Å². The lowest BCUT2D eigenvalue weighted by atomic mass is 9.67. The van der Waals surface area contributed by atoms with Crippen LogP contribution in [0.25, 0.3) is 0 Å². The number of ether oxygens (including phenoxy) is 1. The summed E-state index contributed by atoms with van der Waals surface area (Å²) in [7, 11) is 0. The molecule has 0 aromatic carbocycles. The second-order valence-electron chi connectivity index (χ2n) is 9.46. The lowest BCUT2D eigenvalue weighted by molar-refractivity contribution is -0.205. The van der Waals surface area contributed by atoms with E-state index in [2.05, 4.69) is 6.92 Å². The predicted octanol–water partition coefficient (Wildman–Crippen LogP) is 5.64.